The zero-order valence-electron chi connectivity index (χ0n) is 11.7. The fourth-order valence-electron chi connectivity index (χ4n) is 3.55. The molecule has 0 aromatic carbocycles. The van der Waals surface area contributed by atoms with Crippen LogP contribution in [0.1, 0.15) is 38.5 Å². The molecule has 3 rings (SSSR count). The second kappa shape index (κ2) is 5.80. The summed E-state index contributed by atoms with van der Waals surface area (Å²) < 4.78 is 27.7. The fourth-order valence-corrected chi connectivity index (χ4v) is 5.91. The van der Waals surface area contributed by atoms with Gasteiger partial charge in [-0.15, -0.1) is 0 Å². The molecule has 2 fully saturated rings. The van der Waals surface area contributed by atoms with E-state index < -0.39 is 10.0 Å². The number of nitrogens with zero attached hydrogens (tertiary/aromatic N) is 2. The molecule has 1 aliphatic heterocycles. The molecule has 1 aromatic rings. The second-order valence-electron chi connectivity index (χ2n) is 6.05. The Hall–Kier alpha value is -0.170. The highest BCUT2D eigenvalue weighted by molar-refractivity contribution is 9.10. The quantitative estimate of drug-likeness (QED) is 0.717. The Morgan fingerprint density at radius 2 is 1.81 bits per heavy atom. The van der Waals surface area contributed by atoms with Crippen molar-refractivity contribution >= 4 is 37.6 Å². The molecule has 0 N–H and O–H groups in total. The molecule has 4 nitrogen and oxygen atoms in total. The van der Waals surface area contributed by atoms with Crippen molar-refractivity contribution in [3.8, 4) is 0 Å². The van der Waals surface area contributed by atoms with Crippen LogP contribution in [0.15, 0.2) is 21.6 Å². The van der Waals surface area contributed by atoms with E-state index in [-0.39, 0.29) is 10.0 Å². The Bertz CT molecular complexity index is 634. The third-order valence-corrected chi connectivity index (χ3v) is 7.60. The van der Waals surface area contributed by atoms with Crippen LogP contribution in [0.25, 0.3) is 0 Å². The van der Waals surface area contributed by atoms with Crippen molar-refractivity contribution < 1.29 is 8.42 Å². The van der Waals surface area contributed by atoms with Gasteiger partial charge in [0.05, 0.1) is 0 Å². The molecule has 1 spiro atoms. The maximum absolute atomic E-state index is 12.7. The predicted octanol–water partition coefficient (Wildman–Crippen LogP) is 3.84. The van der Waals surface area contributed by atoms with E-state index in [1.54, 1.807) is 4.31 Å². The molecule has 2 heterocycles. The molecule has 21 heavy (non-hydrogen) atoms. The Morgan fingerprint density at radius 3 is 2.43 bits per heavy atom. The maximum Gasteiger partial charge on any atom is 0.246 e. The van der Waals surface area contributed by atoms with Crippen LogP contribution in [0.2, 0.25) is 5.15 Å². The van der Waals surface area contributed by atoms with Gasteiger partial charge in [-0.25, -0.2) is 13.4 Å². The third kappa shape index (κ3) is 3.00. The molecule has 0 amide bonds. The van der Waals surface area contributed by atoms with E-state index >= 15 is 0 Å². The van der Waals surface area contributed by atoms with Gasteiger partial charge in [-0.2, -0.15) is 4.31 Å². The average Bonchev–Trinajstić information content (AvgIpc) is 2.90. The molecule has 1 saturated heterocycles. The zero-order chi connectivity index (χ0) is 15.1. The predicted molar refractivity (Wildman–Crippen MR) is 85.8 cm³/mol. The molecule has 0 unspecified atom stereocenters. The lowest BCUT2D eigenvalue weighted by Crippen LogP contribution is -2.42. The van der Waals surface area contributed by atoms with Gasteiger partial charge >= 0.3 is 0 Å². The van der Waals surface area contributed by atoms with E-state index in [0.717, 1.165) is 12.8 Å². The van der Waals surface area contributed by atoms with E-state index in [1.807, 2.05) is 0 Å². The molecule has 7 heteroatoms. The van der Waals surface area contributed by atoms with Crippen LogP contribution >= 0.6 is 27.5 Å². The van der Waals surface area contributed by atoms with Gasteiger partial charge in [0.1, 0.15) is 10.0 Å². The van der Waals surface area contributed by atoms with Crippen molar-refractivity contribution in [2.24, 2.45) is 5.41 Å². The summed E-state index contributed by atoms with van der Waals surface area (Å²) in [5.74, 6) is 0. The molecular formula is C14H18BrClN2O2S. The summed E-state index contributed by atoms with van der Waals surface area (Å²) in [4.78, 5) is 4.02. The van der Waals surface area contributed by atoms with E-state index in [0.29, 0.717) is 23.0 Å². The number of sulfonamides is 1. The fraction of sp³-hybridized carbons (Fsp3) is 0.643. The highest BCUT2D eigenvalue weighted by atomic mass is 79.9. The zero-order valence-corrected chi connectivity index (χ0v) is 14.8. The van der Waals surface area contributed by atoms with Crippen LogP contribution in [-0.2, 0) is 10.0 Å². The summed E-state index contributed by atoms with van der Waals surface area (Å²) in [6.45, 7) is 1.18. The minimum atomic E-state index is -3.55. The first-order valence-corrected chi connectivity index (χ1v) is 9.85. The van der Waals surface area contributed by atoms with E-state index in [4.69, 9.17) is 11.6 Å². The number of halogens is 2. The SMILES string of the molecule is O=S(=O)(c1cc(Br)cnc1Cl)N1CCC2(CCCC2)CC1. The number of piperidine rings is 1. The van der Waals surface area contributed by atoms with Crippen molar-refractivity contribution in [1.82, 2.24) is 9.29 Å². The Labute approximate surface area is 139 Å². The second-order valence-corrected chi connectivity index (χ2v) is 9.23. The summed E-state index contributed by atoms with van der Waals surface area (Å²) in [6.07, 6.45) is 8.50. The van der Waals surface area contributed by atoms with Crippen molar-refractivity contribution in [3.05, 3.63) is 21.9 Å². The normalized spacial score (nSPS) is 22.8. The van der Waals surface area contributed by atoms with Crippen molar-refractivity contribution in [2.45, 2.75) is 43.4 Å². The molecule has 1 aromatic heterocycles. The molecule has 0 atom stereocenters. The first-order chi connectivity index (χ1) is 9.93. The first-order valence-electron chi connectivity index (χ1n) is 7.24. The van der Waals surface area contributed by atoms with Crippen LogP contribution in [0, 0.1) is 5.41 Å². The highest BCUT2D eigenvalue weighted by Crippen LogP contribution is 2.46. The topological polar surface area (TPSA) is 50.3 Å². The monoisotopic (exact) mass is 392 g/mol. The van der Waals surface area contributed by atoms with Gasteiger partial charge in [-0.1, -0.05) is 24.4 Å². The number of hydrogen-bond donors (Lipinski definition) is 0. The van der Waals surface area contributed by atoms with Crippen molar-refractivity contribution in [1.29, 1.82) is 0 Å². The Morgan fingerprint density at radius 1 is 1.19 bits per heavy atom. The minimum Gasteiger partial charge on any atom is -0.242 e. The van der Waals surface area contributed by atoms with Crippen LogP contribution < -0.4 is 0 Å². The molecule has 116 valence electrons. The minimum absolute atomic E-state index is 0.0411. The Balaban J connectivity index is 1.82. The van der Waals surface area contributed by atoms with Gasteiger partial charge in [0.15, 0.2) is 0 Å². The number of pyridine rings is 1. The number of aromatic nitrogens is 1. The van der Waals surface area contributed by atoms with Gasteiger partial charge in [0, 0.05) is 23.8 Å². The lowest BCUT2D eigenvalue weighted by molar-refractivity contribution is 0.160. The van der Waals surface area contributed by atoms with Gasteiger partial charge in [0.25, 0.3) is 0 Å². The number of hydrogen-bond acceptors (Lipinski definition) is 3. The maximum atomic E-state index is 12.7. The lowest BCUT2D eigenvalue weighted by Gasteiger charge is -2.38. The summed E-state index contributed by atoms with van der Waals surface area (Å²) in [6, 6.07) is 1.53. The van der Waals surface area contributed by atoms with Crippen LogP contribution in [0.5, 0.6) is 0 Å². The lowest BCUT2D eigenvalue weighted by atomic mass is 9.78. The molecule has 0 radical (unpaired) electrons. The first kappa shape index (κ1) is 15.7. The molecule has 0 bridgehead atoms. The Kier molecular flexibility index (Phi) is 4.34. The van der Waals surface area contributed by atoms with Gasteiger partial charge in [-0.3, -0.25) is 0 Å². The summed E-state index contributed by atoms with van der Waals surface area (Å²) in [7, 11) is -3.55. The molecular weight excluding hydrogens is 376 g/mol. The largest absolute Gasteiger partial charge is 0.246 e. The average molecular weight is 394 g/mol. The van der Waals surface area contributed by atoms with Crippen LogP contribution in [0.3, 0.4) is 0 Å². The molecule has 2 aliphatic rings. The standard InChI is InChI=1S/C14H18BrClN2O2S/c15-11-9-12(13(16)17-10-11)21(19,20)18-7-5-14(6-8-18)3-1-2-4-14/h9-10H,1-8H2. The van der Waals surface area contributed by atoms with E-state index in [1.165, 1.54) is 37.9 Å². The third-order valence-electron chi connectivity index (χ3n) is 4.84. The van der Waals surface area contributed by atoms with Crippen LogP contribution in [0.4, 0.5) is 0 Å². The van der Waals surface area contributed by atoms with Crippen molar-refractivity contribution in [2.75, 3.05) is 13.1 Å². The van der Waals surface area contributed by atoms with Crippen LogP contribution in [-0.4, -0.2) is 30.8 Å². The highest BCUT2D eigenvalue weighted by Gasteiger charge is 2.40. The molecule has 1 aliphatic carbocycles. The summed E-state index contributed by atoms with van der Waals surface area (Å²) >= 11 is 9.24. The van der Waals surface area contributed by atoms with Crippen molar-refractivity contribution in [3.63, 3.8) is 0 Å². The summed E-state index contributed by atoms with van der Waals surface area (Å²) in [5.41, 5.74) is 0.394. The summed E-state index contributed by atoms with van der Waals surface area (Å²) in [5, 5.41) is 0.0411. The van der Waals surface area contributed by atoms with E-state index in [2.05, 4.69) is 20.9 Å². The van der Waals surface area contributed by atoms with Gasteiger partial charge in [-0.05, 0) is 53.1 Å². The smallest absolute Gasteiger partial charge is 0.242 e. The van der Waals surface area contributed by atoms with Gasteiger partial charge in [0.2, 0.25) is 10.0 Å². The molecule has 1 saturated carbocycles. The number of rotatable bonds is 2. The van der Waals surface area contributed by atoms with E-state index in [9.17, 15) is 8.42 Å². The van der Waals surface area contributed by atoms with Gasteiger partial charge < -0.3 is 0 Å².